The highest BCUT2D eigenvalue weighted by Crippen LogP contribution is 2.42. The van der Waals surface area contributed by atoms with E-state index in [9.17, 15) is 0 Å². The van der Waals surface area contributed by atoms with Gasteiger partial charge < -0.3 is 4.90 Å². The van der Waals surface area contributed by atoms with Crippen LogP contribution >= 0.6 is 0 Å². The van der Waals surface area contributed by atoms with E-state index in [0.717, 1.165) is 13.1 Å². The minimum absolute atomic E-state index is 1.12. The summed E-state index contributed by atoms with van der Waals surface area (Å²) in [4.78, 5) is 2.39. The molecule has 1 nitrogen and oxygen atoms in total. The molecule has 2 rings (SSSR count). The lowest BCUT2D eigenvalue weighted by Gasteiger charge is -2.30. The molecule has 0 heterocycles. The van der Waals surface area contributed by atoms with E-state index >= 15 is 0 Å². The van der Waals surface area contributed by atoms with Crippen molar-refractivity contribution in [2.24, 2.45) is 0 Å². The highest BCUT2D eigenvalue weighted by Gasteiger charge is 2.19. The molecule has 0 aliphatic heterocycles. The lowest BCUT2D eigenvalue weighted by molar-refractivity contribution is 0.863. The van der Waals surface area contributed by atoms with Crippen molar-refractivity contribution in [2.45, 2.75) is 13.8 Å². The highest BCUT2D eigenvalue weighted by molar-refractivity contribution is 5.92. The molecule has 0 atom stereocenters. The average molecular weight is 147 g/mol. The van der Waals surface area contributed by atoms with Gasteiger partial charge in [0.25, 0.3) is 0 Å². The molecule has 2 aliphatic rings. The molecular formula is C10H13N. The first kappa shape index (κ1) is 6.71. The standard InChI is InChI=1S/C10H13N/c1-3-11(4-2)10-7-8-5-6-9(8)10/h5-7H,3-4H2,1-2H3. The van der Waals surface area contributed by atoms with E-state index in [0.29, 0.717) is 0 Å². The molecule has 0 spiro atoms. The van der Waals surface area contributed by atoms with Gasteiger partial charge in [0.2, 0.25) is 0 Å². The third-order valence-corrected chi connectivity index (χ3v) is 2.41. The molecule has 0 amide bonds. The SMILES string of the molecule is CCN(CC)c1cc2ccc1-2. The summed E-state index contributed by atoms with van der Waals surface area (Å²) in [6, 6.07) is 6.63. The van der Waals surface area contributed by atoms with Gasteiger partial charge in [0.1, 0.15) is 0 Å². The van der Waals surface area contributed by atoms with Gasteiger partial charge in [-0.15, -0.1) is 0 Å². The molecule has 0 radical (unpaired) electrons. The molecule has 58 valence electrons. The van der Waals surface area contributed by atoms with E-state index < -0.39 is 0 Å². The minimum atomic E-state index is 1.12. The van der Waals surface area contributed by atoms with Crippen LogP contribution < -0.4 is 4.90 Å². The molecule has 0 saturated carbocycles. The van der Waals surface area contributed by atoms with E-state index in [-0.39, 0.29) is 0 Å². The summed E-state index contributed by atoms with van der Waals surface area (Å²) in [7, 11) is 0. The Morgan fingerprint density at radius 1 is 1.18 bits per heavy atom. The van der Waals surface area contributed by atoms with Gasteiger partial charge in [-0.25, -0.2) is 0 Å². The van der Waals surface area contributed by atoms with Crippen LogP contribution in [0.15, 0.2) is 18.2 Å². The molecule has 0 aromatic rings. The van der Waals surface area contributed by atoms with Crippen LogP contribution in [0.4, 0.5) is 5.69 Å². The van der Waals surface area contributed by atoms with Gasteiger partial charge in [-0.3, -0.25) is 0 Å². The van der Waals surface area contributed by atoms with Crippen LogP contribution in [0, 0.1) is 0 Å². The Balaban J connectivity index is 2.20. The third kappa shape index (κ3) is 0.770. The lowest BCUT2D eigenvalue weighted by atomic mass is 9.90. The van der Waals surface area contributed by atoms with E-state index in [1.54, 1.807) is 0 Å². The molecule has 0 fully saturated rings. The van der Waals surface area contributed by atoms with Crippen molar-refractivity contribution in [1.29, 1.82) is 0 Å². The zero-order valence-electron chi connectivity index (χ0n) is 7.09. The molecule has 0 saturated heterocycles. The minimum Gasteiger partial charge on any atom is -0.372 e. The topological polar surface area (TPSA) is 3.24 Å². The van der Waals surface area contributed by atoms with E-state index in [1.807, 2.05) is 0 Å². The van der Waals surface area contributed by atoms with Crippen molar-refractivity contribution in [2.75, 3.05) is 18.0 Å². The maximum absolute atomic E-state index is 2.39. The van der Waals surface area contributed by atoms with Crippen molar-refractivity contribution < 1.29 is 0 Å². The van der Waals surface area contributed by atoms with Crippen LogP contribution in [-0.4, -0.2) is 13.1 Å². The normalized spacial score (nSPS) is 11.5. The molecule has 0 unspecified atom stereocenters. The first-order valence-electron chi connectivity index (χ1n) is 4.26. The number of benzene rings is 1. The maximum atomic E-state index is 2.39. The number of nitrogens with zero attached hydrogens (tertiary/aromatic N) is 1. The molecule has 0 aromatic heterocycles. The summed E-state index contributed by atoms with van der Waals surface area (Å²) in [6.07, 6.45) is 0. The Morgan fingerprint density at radius 2 is 1.91 bits per heavy atom. The van der Waals surface area contributed by atoms with Crippen molar-refractivity contribution >= 4 is 5.69 Å². The second-order valence-corrected chi connectivity index (χ2v) is 2.90. The van der Waals surface area contributed by atoms with Gasteiger partial charge in [-0.1, -0.05) is 12.1 Å². The van der Waals surface area contributed by atoms with Crippen LogP contribution in [0.3, 0.4) is 0 Å². The summed E-state index contributed by atoms with van der Waals surface area (Å²) in [5.74, 6) is 0. The highest BCUT2D eigenvalue weighted by atomic mass is 15.1. The monoisotopic (exact) mass is 147 g/mol. The summed E-state index contributed by atoms with van der Waals surface area (Å²) in [5.41, 5.74) is 4.34. The van der Waals surface area contributed by atoms with Gasteiger partial charge in [0.15, 0.2) is 0 Å². The van der Waals surface area contributed by atoms with Gasteiger partial charge in [-0.2, -0.15) is 0 Å². The lowest BCUT2D eigenvalue weighted by Crippen LogP contribution is -2.24. The van der Waals surface area contributed by atoms with Gasteiger partial charge in [0.05, 0.1) is 0 Å². The summed E-state index contributed by atoms with van der Waals surface area (Å²) < 4.78 is 0. The average Bonchev–Trinajstić information content (AvgIpc) is 2.00. The molecule has 1 heteroatoms. The number of hydrogen-bond acceptors (Lipinski definition) is 1. The second-order valence-electron chi connectivity index (χ2n) is 2.90. The molecular weight excluding hydrogens is 134 g/mol. The molecule has 0 N–H and O–H groups in total. The number of rotatable bonds is 3. The van der Waals surface area contributed by atoms with Gasteiger partial charge in [0, 0.05) is 24.3 Å². The van der Waals surface area contributed by atoms with Crippen LogP contribution in [0.2, 0.25) is 0 Å². The predicted molar refractivity (Wildman–Crippen MR) is 49.0 cm³/mol. The molecule has 2 aliphatic carbocycles. The van der Waals surface area contributed by atoms with Crippen molar-refractivity contribution in [3.8, 4) is 11.1 Å². The molecule has 11 heavy (non-hydrogen) atoms. The van der Waals surface area contributed by atoms with E-state index in [1.165, 1.54) is 16.8 Å². The smallest absolute Gasteiger partial charge is 0.0451 e. The van der Waals surface area contributed by atoms with Crippen LogP contribution in [0.5, 0.6) is 0 Å². The number of anilines is 1. The Morgan fingerprint density at radius 3 is 2.18 bits per heavy atom. The Labute approximate surface area is 67.6 Å². The van der Waals surface area contributed by atoms with Crippen molar-refractivity contribution in [1.82, 2.24) is 0 Å². The van der Waals surface area contributed by atoms with Gasteiger partial charge in [-0.05, 0) is 25.5 Å². The third-order valence-electron chi connectivity index (χ3n) is 2.41. The first-order chi connectivity index (χ1) is 5.36. The van der Waals surface area contributed by atoms with E-state index in [4.69, 9.17) is 0 Å². The fourth-order valence-electron chi connectivity index (χ4n) is 1.60. The van der Waals surface area contributed by atoms with Crippen LogP contribution in [0.25, 0.3) is 11.1 Å². The largest absolute Gasteiger partial charge is 0.372 e. The quantitative estimate of drug-likeness (QED) is 0.644. The van der Waals surface area contributed by atoms with Crippen LogP contribution in [0.1, 0.15) is 13.8 Å². The Kier molecular flexibility index (Phi) is 1.38. The Bertz CT molecular complexity index is 274. The van der Waals surface area contributed by atoms with Crippen molar-refractivity contribution in [3.05, 3.63) is 18.2 Å². The van der Waals surface area contributed by atoms with E-state index in [2.05, 4.69) is 36.9 Å². The van der Waals surface area contributed by atoms with Crippen molar-refractivity contribution in [3.63, 3.8) is 0 Å². The predicted octanol–water partition coefficient (Wildman–Crippen LogP) is 2.51. The first-order valence-corrected chi connectivity index (χ1v) is 4.26. The summed E-state index contributed by atoms with van der Waals surface area (Å²) in [5, 5.41) is 0. The zero-order valence-corrected chi connectivity index (χ0v) is 7.09. The number of hydrogen-bond donors (Lipinski definition) is 0. The summed E-state index contributed by atoms with van der Waals surface area (Å²) in [6.45, 7) is 6.64. The Hall–Kier alpha value is -0.980. The maximum Gasteiger partial charge on any atom is 0.0451 e. The zero-order chi connectivity index (χ0) is 7.84. The number of fused-ring (bicyclic) bond motifs is 1. The second kappa shape index (κ2) is 2.26. The summed E-state index contributed by atoms with van der Waals surface area (Å²) >= 11 is 0. The molecule has 0 bridgehead atoms. The fourth-order valence-corrected chi connectivity index (χ4v) is 1.60. The van der Waals surface area contributed by atoms with Gasteiger partial charge >= 0.3 is 0 Å². The molecule has 0 aromatic carbocycles. The van der Waals surface area contributed by atoms with Crippen LogP contribution in [-0.2, 0) is 0 Å². The fraction of sp³-hybridized carbons (Fsp3) is 0.400.